The normalized spacial score (nSPS) is 11.4. The number of likely N-dealkylation sites (N-methyl/N-ethyl adjacent to an activating group) is 1. The van der Waals surface area contributed by atoms with Gasteiger partial charge in [-0.25, -0.2) is 4.98 Å². The number of aromatic nitrogens is 1. The fourth-order valence-electron chi connectivity index (χ4n) is 1.98. The predicted molar refractivity (Wildman–Crippen MR) is 85.3 cm³/mol. The lowest BCUT2D eigenvalue weighted by Crippen LogP contribution is -2.26. The molecule has 1 N–H and O–H groups in total. The number of aryl methyl sites for hydroxylation is 1. The zero-order chi connectivity index (χ0) is 15.1. The lowest BCUT2D eigenvalue weighted by atomic mass is 10.2. The average molecular weight is 279 g/mol. The van der Waals surface area contributed by atoms with E-state index in [1.165, 1.54) is 11.1 Å². The van der Waals surface area contributed by atoms with E-state index in [2.05, 4.69) is 62.9 Å². The van der Waals surface area contributed by atoms with Gasteiger partial charge in [0, 0.05) is 32.4 Å². The van der Waals surface area contributed by atoms with Crippen molar-refractivity contribution in [2.45, 2.75) is 53.3 Å². The molecule has 0 radical (unpaired) electrons. The number of ether oxygens (including phenoxy) is 1. The van der Waals surface area contributed by atoms with Crippen molar-refractivity contribution in [1.29, 1.82) is 0 Å². The first-order valence-corrected chi connectivity index (χ1v) is 7.41. The number of pyridine rings is 1. The van der Waals surface area contributed by atoms with Gasteiger partial charge in [0.05, 0.1) is 12.7 Å². The van der Waals surface area contributed by atoms with E-state index in [1.54, 1.807) is 0 Å². The maximum atomic E-state index is 5.58. The van der Waals surface area contributed by atoms with Crippen LogP contribution in [0.15, 0.2) is 12.3 Å². The highest BCUT2D eigenvalue weighted by molar-refractivity contribution is 5.46. The zero-order valence-corrected chi connectivity index (χ0v) is 13.7. The van der Waals surface area contributed by atoms with Crippen molar-refractivity contribution in [2.75, 3.05) is 25.1 Å². The second-order valence-corrected chi connectivity index (χ2v) is 5.86. The highest BCUT2D eigenvalue weighted by Gasteiger charge is 2.08. The Kier molecular flexibility index (Phi) is 6.96. The molecule has 114 valence electrons. The van der Waals surface area contributed by atoms with Gasteiger partial charge in [-0.1, -0.05) is 13.8 Å². The van der Waals surface area contributed by atoms with Crippen molar-refractivity contribution in [3.63, 3.8) is 0 Å². The van der Waals surface area contributed by atoms with Crippen molar-refractivity contribution in [1.82, 2.24) is 10.3 Å². The Balaban J connectivity index is 2.58. The Bertz CT molecular complexity index is 405. The molecule has 0 unspecified atom stereocenters. The number of nitrogens with zero attached hydrogens (tertiary/aromatic N) is 2. The van der Waals surface area contributed by atoms with Crippen molar-refractivity contribution in [3.8, 4) is 0 Å². The van der Waals surface area contributed by atoms with Gasteiger partial charge in [0.25, 0.3) is 0 Å². The third kappa shape index (κ3) is 5.88. The molecule has 1 aromatic rings. The summed E-state index contributed by atoms with van der Waals surface area (Å²) in [6.45, 7) is 13.0. The molecule has 0 aliphatic carbocycles. The maximum Gasteiger partial charge on any atom is 0.131 e. The molecular weight excluding hydrogens is 250 g/mol. The first-order chi connectivity index (χ1) is 9.40. The van der Waals surface area contributed by atoms with Gasteiger partial charge in [0.1, 0.15) is 5.82 Å². The molecule has 1 heterocycles. The number of hydrogen-bond donors (Lipinski definition) is 1. The summed E-state index contributed by atoms with van der Waals surface area (Å²) in [6.07, 6.45) is 2.24. The van der Waals surface area contributed by atoms with E-state index >= 15 is 0 Å². The molecule has 20 heavy (non-hydrogen) atoms. The first-order valence-electron chi connectivity index (χ1n) is 7.41. The van der Waals surface area contributed by atoms with Crippen molar-refractivity contribution in [3.05, 3.63) is 23.4 Å². The highest BCUT2D eigenvalue weighted by atomic mass is 16.5. The van der Waals surface area contributed by atoms with E-state index in [-0.39, 0.29) is 6.10 Å². The Morgan fingerprint density at radius 3 is 2.55 bits per heavy atom. The predicted octanol–water partition coefficient (Wildman–Crippen LogP) is 2.75. The minimum atomic E-state index is 0.280. The molecule has 0 spiro atoms. The Morgan fingerprint density at radius 1 is 1.30 bits per heavy atom. The topological polar surface area (TPSA) is 37.4 Å². The number of rotatable bonds is 8. The molecule has 1 aromatic heterocycles. The van der Waals surface area contributed by atoms with Crippen LogP contribution in [-0.4, -0.2) is 37.3 Å². The molecule has 1 rings (SSSR count). The molecule has 4 heteroatoms. The fraction of sp³-hybridized carbons (Fsp3) is 0.688. The monoisotopic (exact) mass is 279 g/mol. The molecule has 0 atom stereocenters. The summed E-state index contributed by atoms with van der Waals surface area (Å²) < 4.78 is 5.58. The van der Waals surface area contributed by atoms with E-state index < -0.39 is 0 Å². The summed E-state index contributed by atoms with van der Waals surface area (Å²) >= 11 is 0. The summed E-state index contributed by atoms with van der Waals surface area (Å²) in [5, 5.41) is 3.41. The minimum Gasteiger partial charge on any atom is -0.377 e. The van der Waals surface area contributed by atoms with Crippen LogP contribution in [0.5, 0.6) is 0 Å². The molecular formula is C16H29N3O. The molecule has 0 amide bonds. The van der Waals surface area contributed by atoms with Gasteiger partial charge < -0.3 is 15.0 Å². The van der Waals surface area contributed by atoms with Crippen LogP contribution in [0.4, 0.5) is 5.82 Å². The lowest BCUT2D eigenvalue weighted by molar-refractivity contribution is 0.0845. The van der Waals surface area contributed by atoms with Crippen LogP contribution in [0.25, 0.3) is 0 Å². The van der Waals surface area contributed by atoms with E-state index in [1.807, 2.05) is 6.20 Å². The van der Waals surface area contributed by atoms with Crippen molar-refractivity contribution >= 4 is 5.82 Å². The second-order valence-electron chi connectivity index (χ2n) is 5.86. The quantitative estimate of drug-likeness (QED) is 0.794. The van der Waals surface area contributed by atoms with Crippen molar-refractivity contribution < 1.29 is 4.74 Å². The second kappa shape index (κ2) is 8.22. The summed E-state index contributed by atoms with van der Waals surface area (Å²) in [5.41, 5.74) is 2.44. The lowest BCUT2D eigenvalue weighted by Gasteiger charge is -2.21. The summed E-state index contributed by atoms with van der Waals surface area (Å²) in [6, 6.07) is 2.70. The molecule has 4 nitrogen and oxygen atoms in total. The smallest absolute Gasteiger partial charge is 0.131 e. The molecule has 0 bridgehead atoms. The summed E-state index contributed by atoms with van der Waals surface area (Å²) in [5.74, 6) is 1.03. The zero-order valence-electron chi connectivity index (χ0n) is 13.7. The van der Waals surface area contributed by atoms with Crippen LogP contribution < -0.4 is 10.2 Å². The molecule has 0 saturated heterocycles. The standard InChI is InChI=1S/C16H29N3O/c1-12(2)17-10-15-9-14(5)16(18-11-15)19(6)7-8-20-13(3)4/h9,11-13,17H,7-8,10H2,1-6H3. The molecule has 0 fully saturated rings. The van der Waals surface area contributed by atoms with E-state index in [0.29, 0.717) is 6.04 Å². The van der Waals surface area contributed by atoms with Crippen LogP contribution in [0, 0.1) is 6.92 Å². The largest absolute Gasteiger partial charge is 0.377 e. The SMILES string of the molecule is Cc1cc(CNC(C)C)cnc1N(C)CCOC(C)C. The Hall–Kier alpha value is -1.13. The van der Waals surface area contributed by atoms with Crippen LogP contribution in [0.2, 0.25) is 0 Å². The fourth-order valence-corrected chi connectivity index (χ4v) is 1.98. The third-order valence-electron chi connectivity index (χ3n) is 3.06. The maximum absolute atomic E-state index is 5.58. The van der Waals surface area contributed by atoms with Crippen LogP contribution in [0.3, 0.4) is 0 Å². The number of nitrogens with one attached hydrogen (secondary N) is 1. The van der Waals surface area contributed by atoms with E-state index in [4.69, 9.17) is 4.74 Å². The van der Waals surface area contributed by atoms with Gasteiger partial charge in [0.2, 0.25) is 0 Å². The number of anilines is 1. The van der Waals surface area contributed by atoms with Gasteiger partial charge in [-0.3, -0.25) is 0 Å². The van der Waals surface area contributed by atoms with Gasteiger partial charge in [-0.05, 0) is 38.0 Å². The summed E-state index contributed by atoms with van der Waals surface area (Å²) in [4.78, 5) is 6.73. The Morgan fingerprint density at radius 2 is 2.00 bits per heavy atom. The van der Waals surface area contributed by atoms with Crippen LogP contribution in [0.1, 0.15) is 38.8 Å². The molecule has 0 saturated carbocycles. The molecule has 0 aromatic carbocycles. The average Bonchev–Trinajstić information content (AvgIpc) is 2.35. The highest BCUT2D eigenvalue weighted by Crippen LogP contribution is 2.16. The number of hydrogen-bond acceptors (Lipinski definition) is 4. The van der Waals surface area contributed by atoms with E-state index in [0.717, 1.165) is 25.5 Å². The van der Waals surface area contributed by atoms with Gasteiger partial charge >= 0.3 is 0 Å². The van der Waals surface area contributed by atoms with Crippen LogP contribution in [-0.2, 0) is 11.3 Å². The first kappa shape index (κ1) is 16.9. The minimum absolute atomic E-state index is 0.280. The Labute approximate surface area is 123 Å². The van der Waals surface area contributed by atoms with Crippen molar-refractivity contribution in [2.24, 2.45) is 0 Å². The molecule has 0 aliphatic heterocycles. The van der Waals surface area contributed by atoms with E-state index in [9.17, 15) is 0 Å². The van der Waals surface area contributed by atoms with Gasteiger partial charge in [-0.2, -0.15) is 0 Å². The summed E-state index contributed by atoms with van der Waals surface area (Å²) in [7, 11) is 2.06. The third-order valence-corrected chi connectivity index (χ3v) is 3.06. The van der Waals surface area contributed by atoms with Gasteiger partial charge in [0.15, 0.2) is 0 Å². The van der Waals surface area contributed by atoms with Gasteiger partial charge in [-0.15, -0.1) is 0 Å². The van der Waals surface area contributed by atoms with Crippen LogP contribution >= 0.6 is 0 Å². The molecule has 0 aliphatic rings.